The molecule has 0 radical (unpaired) electrons. The van der Waals surface area contributed by atoms with E-state index in [0.717, 1.165) is 22.7 Å². The van der Waals surface area contributed by atoms with Crippen molar-refractivity contribution in [1.82, 2.24) is 15.2 Å². The van der Waals surface area contributed by atoms with Crippen LogP contribution in [-0.4, -0.2) is 60.2 Å². The summed E-state index contributed by atoms with van der Waals surface area (Å²) in [5.74, 6) is 0.134. The van der Waals surface area contributed by atoms with Crippen LogP contribution in [0.25, 0.3) is 0 Å². The van der Waals surface area contributed by atoms with Gasteiger partial charge >= 0.3 is 6.18 Å². The number of pyridine rings is 1. The van der Waals surface area contributed by atoms with Crippen LogP contribution in [-0.2, 0) is 6.18 Å². The van der Waals surface area contributed by atoms with Gasteiger partial charge in [-0.05, 0) is 42.8 Å². The van der Waals surface area contributed by atoms with Crippen molar-refractivity contribution in [2.24, 2.45) is 0 Å². The van der Waals surface area contributed by atoms with E-state index in [1.807, 2.05) is 4.90 Å². The van der Waals surface area contributed by atoms with Gasteiger partial charge in [0.1, 0.15) is 23.6 Å². The number of alkyl halides is 3. The second-order valence-electron chi connectivity index (χ2n) is 8.40. The van der Waals surface area contributed by atoms with E-state index in [4.69, 9.17) is 4.74 Å². The van der Waals surface area contributed by atoms with E-state index in [9.17, 15) is 27.9 Å². The Morgan fingerprint density at radius 1 is 1.03 bits per heavy atom. The van der Waals surface area contributed by atoms with Gasteiger partial charge in [-0.3, -0.25) is 4.79 Å². The van der Waals surface area contributed by atoms with Crippen molar-refractivity contribution in [2.45, 2.75) is 37.6 Å². The summed E-state index contributed by atoms with van der Waals surface area (Å²) in [6.07, 6.45) is -2.28. The Kier molecular flexibility index (Phi) is 6.80. The Balaban J connectivity index is 1.24. The Bertz CT molecular complexity index is 1010. The van der Waals surface area contributed by atoms with Crippen LogP contribution in [0, 0.1) is 0 Å². The van der Waals surface area contributed by atoms with Gasteiger partial charge in [0.05, 0.1) is 11.8 Å². The molecule has 2 aliphatic heterocycles. The molecule has 0 saturated carbocycles. The first-order valence-electron chi connectivity index (χ1n) is 11.0. The third-order valence-electron chi connectivity index (χ3n) is 6.06. The predicted octanol–water partition coefficient (Wildman–Crippen LogP) is 2.30. The number of halogens is 3. The van der Waals surface area contributed by atoms with Gasteiger partial charge in [0.15, 0.2) is 0 Å². The molecule has 1 aromatic carbocycles. The van der Waals surface area contributed by atoms with Crippen LogP contribution in [0.4, 0.5) is 23.7 Å². The van der Waals surface area contributed by atoms with Gasteiger partial charge in [-0.2, -0.15) is 13.2 Å². The molecule has 2 aliphatic rings. The number of hydrogen-bond acceptors (Lipinski definition) is 6. The average Bonchev–Trinajstić information content (AvgIpc) is 3.28. The number of nitrogens with one attached hydrogen (secondary N) is 1. The zero-order chi connectivity index (χ0) is 24.3. The van der Waals surface area contributed by atoms with Crippen molar-refractivity contribution in [3.05, 3.63) is 53.9 Å². The van der Waals surface area contributed by atoms with Crippen LogP contribution in [0.3, 0.4) is 0 Å². The number of nitrogens with zero attached hydrogens (tertiary/aromatic N) is 3. The molecule has 8 nitrogen and oxygen atoms in total. The van der Waals surface area contributed by atoms with E-state index in [1.165, 1.54) is 18.3 Å². The Hall–Kier alpha value is -3.50. The maximum atomic E-state index is 12.7. The summed E-state index contributed by atoms with van der Waals surface area (Å²) in [4.78, 5) is 30.6. The molecule has 1 N–H and O–H groups in total. The number of carbonyl (C=O) groups is 2. The minimum Gasteiger partial charge on any atom is -0.530 e. The molecule has 182 valence electrons. The molecule has 3 heterocycles. The molecule has 2 amide bonds. The number of ether oxygens (including phenoxy) is 1. The predicted molar refractivity (Wildman–Crippen MR) is 114 cm³/mol. The Morgan fingerprint density at radius 3 is 2.29 bits per heavy atom. The van der Waals surface area contributed by atoms with Gasteiger partial charge in [0.25, 0.3) is 5.91 Å². The molecule has 1 unspecified atom stereocenters. The van der Waals surface area contributed by atoms with Gasteiger partial charge in [0, 0.05) is 50.7 Å². The fraction of sp³-hybridized carbons (Fsp3) is 0.435. The van der Waals surface area contributed by atoms with Crippen LogP contribution in [0.5, 0.6) is 5.75 Å². The molecule has 0 spiro atoms. The number of rotatable bonds is 5. The summed E-state index contributed by atoms with van der Waals surface area (Å²) in [7, 11) is 0. The fourth-order valence-corrected chi connectivity index (χ4v) is 4.17. The minimum atomic E-state index is -4.35. The zero-order valence-corrected chi connectivity index (χ0v) is 18.3. The highest BCUT2D eigenvalue weighted by molar-refractivity contribution is 5.92. The second-order valence-corrected chi connectivity index (χ2v) is 8.40. The number of hydrogen-bond donors (Lipinski definition) is 1. The van der Waals surface area contributed by atoms with E-state index in [1.54, 1.807) is 12.1 Å². The van der Waals surface area contributed by atoms with Crippen molar-refractivity contribution in [1.29, 1.82) is 0 Å². The van der Waals surface area contributed by atoms with Gasteiger partial charge in [0.2, 0.25) is 0 Å². The smallest absolute Gasteiger partial charge is 0.416 e. The topological polar surface area (TPSA) is 97.8 Å². The van der Waals surface area contributed by atoms with Crippen molar-refractivity contribution < 1.29 is 32.6 Å². The van der Waals surface area contributed by atoms with E-state index in [0.29, 0.717) is 44.6 Å². The lowest BCUT2D eigenvalue weighted by Crippen LogP contribution is -2.43. The largest absolute Gasteiger partial charge is 0.530 e. The van der Waals surface area contributed by atoms with Gasteiger partial charge < -0.3 is 29.8 Å². The van der Waals surface area contributed by atoms with Crippen LogP contribution in [0.15, 0.2) is 42.6 Å². The summed E-state index contributed by atoms with van der Waals surface area (Å²) < 4.78 is 44.2. The molecule has 1 atom stereocenters. The first kappa shape index (κ1) is 23.7. The number of amides is 2. The highest BCUT2D eigenvalue weighted by Gasteiger charge is 2.30. The zero-order valence-electron chi connectivity index (χ0n) is 18.3. The molecule has 34 heavy (non-hydrogen) atoms. The van der Waals surface area contributed by atoms with Crippen molar-refractivity contribution >= 4 is 17.7 Å². The van der Waals surface area contributed by atoms with Gasteiger partial charge in [-0.1, -0.05) is 0 Å². The maximum absolute atomic E-state index is 12.7. The van der Waals surface area contributed by atoms with E-state index < -0.39 is 17.8 Å². The van der Waals surface area contributed by atoms with Gasteiger partial charge in [-0.15, -0.1) is 0 Å². The molecular formula is C23H24F3N4O4-. The highest BCUT2D eigenvalue weighted by Crippen LogP contribution is 2.31. The van der Waals surface area contributed by atoms with E-state index in [2.05, 4.69) is 10.3 Å². The fourth-order valence-electron chi connectivity index (χ4n) is 4.17. The SMILES string of the molecule is O=C(NC1CCN(C(=O)[O-])C1)c1ccc(OC2CCN(c3ccc(C(F)(F)F)cc3)CC2)cn1. The number of anilines is 1. The first-order chi connectivity index (χ1) is 16.2. The number of carboxylic acid groups (broad SMARTS) is 1. The standard InChI is InChI=1S/C23H25F3N4O4/c24-23(25,26)15-1-3-17(4-2-15)29-11-8-18(9-12-29)34-19-5-6-20(27-13-19)21(31)28-16-7-10-30(14-16)22(32)33/h1-6,13,16,18H,7-12,14H2,(H,28,31)(H,32,33)/p-1. The Labute approximate surface area is 194 Å². The summed E-state index contributed by atoms with van der Waals surface area (Å²) in [5.41, 5.74) is 0.284. The maximum Gasteiger partial charge on any atom is 0.416 e. The van der Waals surface area contributed by atoms with Crippen LogP contribution in [0.2, 0.25) is 0 Å². The van der Waals surface area contributed by atoms with Crippen LogP contribution < -0.4 is 20.1 Å². The van der Waals surface area contributed by atoms with Crippen molar-refractivity contribution in [3.63, 3.8) is 0 Å². The number of likely N-dealkylation sites (tertiary alicyclic amines) is 1. The normalized spacial score (nSPS) is 19.2. The summed E-state index contributed by atoms with van der Waals surface area (Å²) in [6, 6.07) is 8.08. The van der Waals surface area contributed by atoms with Gasteiger partial charge in [-0.25, -0.2) is 4.98 Å². The van der Waals surface area contributed by atoms with E-state index in [-0.39, 0.29) is 30.3 Å². The molecule has 4 rings (SSSR count). The third-order valence-corrected chi connectivity index (χ3v) is 6.06. The molecule has 2 saturated heterocycles. The molecule has 11 heteroatoms. The monoisotopic (exact) mass is 477 g/mol. The lowest BCUT2D eigenvalue weighted by Gasteiger charge is -2.33. The third kappa shape index (κ3) is 5.70. The van der Waals surface area contributed by atoms with E-state index >= 15 is 0 Å². The molecule has 2 aromatic rings. The van der Waals surface area contributed by atoms with Crippen molar-refractivity contribution in [2.75, 3.05) is 31.1 Å². The highest BCUT2D eigenvalue weighted by atomic mass is 19.4. The summed E-state index contributed by atoms with van der Waals surface area (Å²) in [6.45, 7) is 1.81. The molecule has 0 aliphatic carbocycles. The lowest BCUT2D eigenvalue weighted by atomic mass is 10.1. The lowest BCUT2D eigenvalue weighted by molar-refractivity contribution is -0.264. The van der Waals surface area contributed by atoms with Crippen LogP contribution in [0.1, 0.15) is 35.3 Å². The molecule has 1 aromatic heterocycles. The second kappa shape index (κ2) is 9.78. The first-order valence-corrected chi connectivity index (χ1v) is 11.0. The average molecular weight is 477 g/mol. The molecule has 0 bridgehead atoms. The minimum absolute atomic E-state index is 0.0683. The number of aromatic nitrogens is 1. The number of carbonyl (C=O) groups excluding carboxylic acids is 2. The number of benzene rings is 1. The molecule has 2 fully saturated rings. The molecular weight excluding hydrogens is 453 g/mol. The Morgan fingerprint density at radius 2 is 1.74 bits per heavy atom. The number of piperidine rings is 1. The van der Waals surface area contributed by atoms with Crippen molar-refractivity contribution in [3.8, 4) is 5.75 Å². The summed E-state index contributed by atoms with van der Waals surface area (Å²) >= 11 is 0. The van der Waals surface area contributed by atoms with Crippen LogP contribution >= 0.6 is 0 Å². The summed E-state index contributed by atoms with van der Waals surface area (Å²) in [5, 5.41) is 13.6. The quantitative estimate of drug-likeness (QED) is 0.710.